The predicted molar refractivity (Wildman–Crippen MR) is 147 cm³/mol. The van der Waals surface area contributed by atoms with Crippen molar-refractivity contribution in [2.75, 3.05) is 7.11 Å². The van der Waals surface area contributed by atoms with Gasteiger partial charge in [-0.3, -0.25) is 14.6 Å². The molecule has 5 rings (SSSR count). The molecule has 3 aromatic heterocycles. The van der Waals surface area contributed by atoms with E-state index in [1.165, 1.54) is 43.6 Å². The second-order valence-electron chi connectivity index (χ2n) is 9.40. The number of halogens is 2. The second-order valence-corrected chi connectivity index (χ2v) is 9.40. The number of ketones is 1. The fourth-order valence-corrected chi connectivity index (χ4v) is 4.58. The summed E-state index contributed by atoms with van der Waals surface area (Å²) in [6.45, 7) is 3.38. The molecule has 0 radical (unpaired) electrons. The molecule has 0 aliphatic heterocycles. The largest absolute Gasteiger partial charge is 0.481 e. The van der Waals surface area contributed by atoms with E-state index in [1.54, 1.807) is 55.9 Å². The lowest BCUT2D eigenvalue weighted by molar-refractivity contribution is 0.0990. The Balaban J connectivity index is 1.44. The van der Waals surface area contributed by atoms with Crippen molar-refractivity contribution >= 4 is 16.8 Å². The number of rotatable bonds is 7. The Labute approximate surface area is 228 Å². The molecule has 0 amide bonds. The van der Waals surface area contributed by atoms with Crippen LogP contribution in [-0.4, -0.2) is 27.4 Å². The molecule has 2 aromatic carbocycles. The Morgan fingerprint density at radius 1 is 0.975 bits per heavy atom. The van der Waals surface area contributed by atoms with Crippen LogP contribution in [-0.2, 0) is 13.5 Å². The van der Waals surface area contributed by atoms with Gasteiger partial charge in [0.25, 0.3) is 0 Å². The van der Waals surface area contributed by atoms with Gasteiger partial charge in [-0.15, -0.1) is 0 Å². The van der Waals surface area contributed by atoms with Crippen LogP contribution in [0.1, 0.15) is 27.2 Å². The highest BCUT2D eigenvalue weighted by atomic mass is 19.1. The molecule has 0 N–H and O–H groups in total. The topological polar surface area (TPSA) is 83.3 Å². The summed E-state index contributed by atoms with van der Waals surface area (Å²) in [4.78, 5) is 35.4. The van der Waals surface area contributed by atoms with Gasteiger partial charge in [-0.05, 0) is 60.9 Å². The smallest absolute Gasteiger partial charge is 0.213 e. The fourth-order valence-electron chi connectivity index (χ4n) is 4.58. The summed E-state index contributed by atoms with van der Waals surface area (Å²) in [5.41, 5.74) is 2.77. The number of ether oxygens (including phenoxy) is 2. The summed E-state index contributed by atoms with van der Waals surface area (Å²) >= 11 is 0. The summed E-state index contributed by atoms with van der Waals surface area (Å²) in [6, 6.07) is 13.3. The van der Waals surface area contributed by atoms with Crippen LogP contribution >= 0.6 is 0 Å². The summed E-state index contributed by atoms with van der Waals surface area (Å²) in [5.74, 6) is -0.959. The van der Waals surface area contributed by atoms with Crippen LogP contribution in [0.15, 0.2) is 71.8 Å². The Morgan fingerprint density at radius 3 is 2.50 bits per heavy atom. The molecule has 0 spiro atoms. The number of pyridine rings is 3. The maximum atomic E-state index is 15.1. The van der Waals surface area contributed by atoms with Crippen LogP contribution in [0.5, 0.6) is 17.4 Å². The molecule has 0 aliphatic carbocycles. The third-order valence-corrected chi connectivity index (χ3v) is 6.75. The first kappa shape index (κ1) is 26.7. The van der Waals surface area contributed by atoms with E-state index in [-0.39, 0.29) is 17.7 Å². The van der Waals surface area contributed by atoms with Crippen LogP contribution in [0.25, 0.3) is 22.2 Å². The summed E-state index contributed by atoms with van der Waals surface area (Å²) < 4.78 is 41.4. The normalized spacial score (nSPS) is 11.1. The number of aryl methyl sites for hydroxylation is 2. The molecule has 0 unspecified atom stereocenters. The van der Waals surface area contributed by atoms with Crippen molar-refractivity contribution in [3.63, 3.8) is 0 Å². The van der Waals surface area contributed by atoms with E-state index in [0.29, 0.717) is 50.6 Å². The maximum Gasteiger partial charge on any atom is 0.213 e. The minimum absolute atomic E-state index is 0.00716. The van der Waals surface area contributed by atoms with E-state index < -0.39 is 22.8 Å². The highest BCUT2D eigenvalue weighted by molar-refractivity contribution is 5.99. The average molecular weight is 542 g/mol. The number of benzene rings is 2. The van der Waals surface area contributed by atoms with Gasteiger partial charge in [0.15, 0.2) is 28.5 Å². The van der Waals surface area contributed by atoms with E-state index in [0.717, 1.165) is 0 Å². The standard InChI is InChI=1S/C31H25F2N3O4/c1-17-13-20(32)6-7-21(17)22-16-36(3)18(2)29(31(22)38)25(37)15-19-5-9-26(23(33)14-19)40-27-11-12-34-24-8-10-28(39-4)35-30(24)27/h5-14,16H,15H2,1-4H3. The molecule has 0 aliphatic rings. The van der Waals surface area contributed by atoms with Crippen LogP contribution in [0.2, 0.25) is 0 Å². The van der Waals surface area contributed by atoms with Gasteiger partial charge in [-0.1, -0.05) is 12.1 Å². The lowest BCUT2D eigenvalue weighted by Gasteiger charge is -2.14. The fraction of sp³-hybridized carbons (Fsp3) is 0.161. The minimum atomic E-state index is -0.682. The minimum Gasteiger partial charge on any atom is -0.481 e. The number of aromatic nitrogens is 3. The number of nitrogens with zero attached hydrogens (tertiary/aromatic N) is 3. The van der Waals surface area contributed by atoms with Crippen LogP contribution in [0, 0.1) is 25.5 Å². The number of hydrogen-bond donors (Lipinski definition) is 0. The molecule has 40 heavy (non-hydrogen) atoms. The van der Waals surface area contributed by atoms with Crippen LogP contribution in [0.4, 0.5) is 8.78 Å². The van der Waals surface area contributed by atoms with Gasteiger partial charge in [0.2, 0.25) is 5.88 Å². The zero-order chi connectivity index (χ0) is 28.6. The molecule has 0 saturated heterocycles. The molecule has 0 bridgehead atoms. The maximum absolute atomic E-state index is 15.1. The lowest BCUT2D eigenvalue weighted by Crippen LogP contribution is -2.24. The highest BCUT2D eigenvalue weighted by Gasteiger charge is 2.21. The van der Waals surface area contributed by atoms with Crippen molar-refractivity contribution in [1.29, 1.82) is 0 Å². The van der Waals surface area contributed by atoms with Crippen LogP contribution < -0.4 is 14.9 Å². The number of carbonyl (C=O) groups is 1. The van der Waals surface area contributed by atoms with Gasteiger partial charge in [-0.2, -0.15) is 0 Å². The van der Waals surface area contributed by atoms with E-state index in [2.05, 4.69) is 9.97 Å². The molecule has 0 saturated carbocycles. The van der Waals surface area contributed by atoms with Crippen molar-refractivity contribution in [2.45, 2.75) is 20.3 Å². The quantitative estimate of drug-likeness (QED) is 0.231. The summed E-state index contributed by atoms with van der Waals surface area (Å²) in [6.07, 6.45) is 2.96. The molecule has 202 valence electrons. The average Bonchev–Trinajstić information content (AvgIpc) is 2.92. The lowest BCUT2D eigenvalue weighted by atomic mass is 9.95. The molecule has 3 heterocycles. The second kappa shape index (κ2) is 10.7. The summed E-state index contributed by atoms with van der Waals surface area (Å²) in [5, 5.41) is 0. The van der Waals surface area contributed by atoms with Crippen molar-refractivity contribution < 1.29 is 23.0 Å². The Morgan fingerprint density at radius 2 is 1.77 bits per heavy atom. The van der Waals surface area contributed by atoms with Gasteiger partial charge >= 0.3 is 0 Å². The van der Waals surface area contributed by atoms with Gasteiger partial charge in [0.05, 0.1) is 18.2 Å². The van der Waals surface area contributed by atoms with Crippen LogP contribution in [0.3, 0.4) is 0 Å². The molecular formula is C31H25F2N3O4. The summed E-state index contributed by atoms with van der Waals surface area (Å²) in [7, 11) is 3.22. The predicted octanol–water partition coefficient (Wildman–Crippen LogP) is 6.12. The highest BCUT2D eigenvalue weighted by Crippen LogP contribution is 2.31. The van der Waals surface area contributed by atoms with E-state index in [4.69, 9.17) is 9.47 Å². The molecule has 9 heteroatoms. The van der Waals surface area contributed by atoms with E-state index >= 15 is 4.39 Å². The molecule has 0 fully saturated rings. The van der Waals surface area contributed by atoms with Crippen molar-refractivity contribution in [2.24, 2.45) is 7.05 Å². The molecule has 7 nitrogen and oxygen atoms in total. The van der Waals surface area contributed by atoms with Gasteiger partial charge in [0, 0.05) is 49.3 Å². The molecule has 5 aromatic rings. The number of fused-ring (bicyclic) bond motifs is 1. The third-order valence-electron chi connectivity index (χ3n) is 6.75. The molecule has 0 atom stereocenters. The van der Waals surface area contributed by atoms with Gasteiger partial charge < -0.3 is 14.0 Å². The SMILES string of the molecule is COc1ccc2nccc(Oc3ccc(CC(=O)c4c(C)n(C)cc(-c5ccc(F)cc5C)c4=O)cc3F)c2n1. The first-order valence-electron chi connectivity index (χ1n) is 12.4. The van der Waals surface area contributed by atoms with Crippen molar-refractivity contribution in [1.82, 2.24) is 14.5 Å². The monoisotopic (exact) mass is 541 g/mol. The van der Waals surface area contributed by atoms with Crippen molar-refractivity contribution in [3.8, 4) is 28.5 Å². The number of carbonyl (C=O) groups excluding carboxylic acids is 1. The first-order chi connectivity index (χ1) is 19.2. The Hall–Kier alpha value is -4.92. The number of hydrogen-bond acceptors (Lipinski definition) is 6. The zero-order valence-electron chi connectivity index (χ0n) is 22.3. The van der Waals surface area contributed by atoms with E-state index in [1.807, 2.05) is 0 Å². The zero-order valence-corrected chi connectivity index (χ0v) is 22.3. The number of methoxy groups -OCH3 is 1. The van der Waals surface area contributed by atoms with E-state index in [9.17, 15) is 14.0 Å². The van der Waals surface area contributed by atoms with Crippen molar-refractivity contribution in [3.05, 3.63) is 111 Å². The Bertz CT molecular complexity index is 1850. The Kier molecular flexibility index (Phi) is 7.13. The van der Waals surface area contributed by atoms with Gasteiger partial charge in [-0.25, -0.2) is 13.8 Å². The third kappa shape index (κ3) is 5.05. The van der Waals surface area contributed by atoms with Gasteiger partial charge in [0.1, 0.15) is 11.3 Å². The first-order valence-corrected chi connectivity index (χ1v) is 12.4. The number of Topliss-reactive ketones (excluding diaryl/α,β-unsaturated/α-hetero) is 1. The molecular weight excluding hydrogens is 516 g/mol.